The second-order valence-corrected chi connectivity index (χ2v) is 28.5. The lowest BCUT2D eigenvalue weighted by molar-refractivity contribution is 0.0624. The summed E-state index contributed by atoms with van der Waals surface area (Å²) in [6.45, 7) is 13.4. The number of para-hydroxylation sites is 2. The van der Waals surface area contributed by atoms with Gasteiger partial charge in [-0.25, -0.2) is 59.1 Å². The van der Waals surface area contributed by atoms with E-state index in [1.54, 1.807) is 162 Å². The number of anilines is 4. The molecule has 6 heterocycles. The van der Waals surface area contributed by atoms with Gasteiger partial charge >= 0.3 is 18.2 Å². The summed E-state index contributed by atoms with van der Waals surface area (Å²) in [5.41, 5.74) is 3.59. The van der Waals surface area contributed by atoms with Crippen molar-refractivity contribution in [3.05, 3.63) is 204 Å². The molecule has 0 spiro atoms. The fourth-order valence-corrected chi connectivity index (χ4v) is 13.5. The molecule has 12 rings (SSSR count). The van der Waals surface area contributed by atoms with Crippen molar-refractivity contribution >= 4 is 112 Å². The number of amides is 3. The number of carbonyl (C=O) groups is 4. The Bertz CT molecular complexity index is 4680. The molecule has 3 amide bonds. The van der Waals surface area contributed by atoms with E-state index in [1.807, 2.05) is 30.3 Å². The van der Waals surface area contributed by atoms with Crippen molar-refractivity contribution in [3.63, 3.8) is 0 Å². The third-order valence-electron chi connectivity index (χ3n) is 14.7. The second kappa shape index (κ2) is 28.7. The Kier molecular flexibility index (Phi) is 20.6. The number of carboxylic acid groups (broad SMARTS) is 1. The fourth-order valence-electron chi connectivity index (χ4n) is 10.4. The van der Waals surface area contributed by atoms with Crippen molar-refractivity contribution in [1.82, 2.24) is 38.1 Å². The summed E-state index contributed by atoms with van der Waals surface area (Å²) in [6, 6.07) is 43.7. The molecule has 2 saturated heterocycles. The number of benzene rings is 6. The van der Waals surface area contributed by atoms with Crippen molar-refractivity contribution in [2.45, 2.75) is 87.5 Å². The van der Waals surface area contributed by atoms with Gasteiger partial charge in [0.15, 0.2) is 0 Å². The first-order valence-corrected chi connectivity index (χ1v) is 33.7. The van der Waals surface area contributed by atoms with Gasteiger partial charge in [0.05, 0.1) is 60.2 Å². The number of halogens is 2. The maximum absolute atomic E-state index is 13.6. The number of ether oxygens (including phenoxy) is 2. The lowest BCUT2D eigenvalue weighted by Crippen LogP contribution is -2.32. The molecule has 0 aliphatic carbocycles. The fraction of sp³-hybridized carbons (Fsp3) is 0.235. The highest BCUT2D eigenvalue weighted by atomic mass is 35.5. The summed E-state index contributed by atoms with van der Waals surface area (Å²) in [5, 5.41) is 25.8. The van der Waals surface area contributed by atoms with Gasteiger partial charge in [-0.3, -0.25) is 15.4 Å². The number of rotatable bonds is 14. The molecule has 0 bridgehead atoms. The number of carbonyl (C=O) groups excluding carboxylic acids is 3. The van der Waals surface area contributed by atoms with Gasteiger partial charge in [-0.15, -0.1) is 0 Å². The molecule has 2 fully saturated rings. The molecule has 23 nitrogen and oxygen atoms in total. The van der Waals surface area contributed by atoms with Gasteiger partial charge in [0.25, 0.3) is 26.0 Å². The van der Waals surface area contributed by atoms with Crippen LogP contribution in [0, 0.1) is 0 Å². The third-order valence-corrected chi connectivity index (χ3v) is 18.6. The molecule has 6 N–H and O–H groups in total. The Hall–Kier alpha value is -9.92. The van der Waals surface area contributed by atoms with Crippen molar-refractivity contribution in [3.8, 4) is 22.5 Å². The Morgan fingerprint density at radius 1 is 0.558 bits per heavy atom. The number of hydrogen-bond acceptors (Lipinski definition) is 17. The summed E-state index contributed by atoms with van der Waals surface area (Å²) < 4.78 is 66.8. The molecule has 4 aromatic heterocycles. The number of hydrogen-bond donors (Lipinski definition) is 6. The summed E-state index contributed by atoms with van der Waals surface area (Å²) in [7, 11) is -7.68. The quantitative estimate of drug-likeness (QED) is 0.0589. The Balaban J connectivity index is 0.000000175. The highest BCUT2D eigenvalue weighted by Gasteiger charge is 2.30. The molecule has 2 atom stereocenters. The molecule has 492 valence electrons. The molecule has 2 aliphatic rings. The van der Waals surface area contributed by atoms with Crippen LogP contribution in [0.15, 0.2) is 192 Å². The van der Waals surface area contributed by atoms with Crippen LogP contribution in [-0.2, 0) is 29.5 Å². The minimum atomic E-state index is -3.89. The van der Waals surface area contributed by atoms with Crippen LogP contribution in [0.5, 0.6) is 0 Å². The number of nitrogens with one attached hydrogen (secondary N) is 5. The van der Waals surface area contributed by atoms with Crippen molar-refractivity contribution < 1.29 is 50.6 Å². The summed E-state index contributed by atoms with van der Waals surface area (Å²) in [6.07, 6.45) is 6.66. The second-order valence-electron chi connectivity index (χ2n) is 24.1. The van der Waals surface area contributed by atoms with Gasteiger partial charge in [0, 0.05) is 82.9 Å². The highest BCUT2D eigenvalue weighted by molar-refractivity contribution is 7.90. The molecule has 2 aliphatic heterocycles. The minimum Gasteiger partial charge on any atom is -0.478 e. The van der Waals surface area contributed by atoms with Gasteiger partial charge in [0.2, 0.25) is 11.9 Å². The van der Waals surface area contributed by atoms with E-state index in [0.29, 0.717) is 92.3 Å². The number of carboxylic acids is 1. The first-order valence-electron chi connectivity index (χ1n) is 30.0. The van der Waals surface area contributed by atoms with Crippen LogP contribution in [0.25, 0.3) is 44.3 Å². The zero-order chi connectivity index (χ0) is 67.8. The van der Waals surface area contributed by atoms with E-state index in [4.69, 9.17) is 42.8 Å². The molecular formula is C68H68Cl2N12O11S2. The van der Waals surface area contributed by atoms with Gasteiger partial charge in [-0.2, -0.15) is 0 Å². The van der Waals surface area contributed by atoms with E-state index in [0.717, 1.165) is 24.9 Å². The molecule has 10 aromatic rings. The lowest BCUT2D eigenvalue weighted by atomic mass is 10.1. The van der Waals surface area contributed by atoms with Gasteiger partial charge in [0.1, 0.15) is 11.2 Å². The average Bonchev–Trinajstić information content (AvgIpc) is 1.61. The summed E-state index contributed by atoms with van der Waals surface area (Å²) in [4.78, 5) is 67.4. The molecular weight excluding hydrogens is 1300 g/mol. The Morgan fingerprint density at radius 3 is 1.40 bits per heavy atom. The van der Waals surface area contributed by atoms with Crippen LogP contribution < -0.4 is 26.6 Å². The molecule has 0 saturated carbocycles. The molecule has 6 aromatic carbocycles. The molecule has 27 heteroatoms. The van der Waals surface area contributed by atoms with Crippen LogP contribution in [0.4, 0.5) is 32.9 Å². The summed E-state index contributed by atoms with van der Waals surface area (Å²) >= 11 is 13.1. The SMILES string of the molecule is CC(C)(C)OC(=O)Nc1ccc(C(=O)N2CC[C@@H](Nc3ncc(Cl)c(-c4cn(S(=O)(=O)c5ccccc5)c5ccccc45)n3)C2)cc1.CC(C)(C)OC(=O)Nc1ccc(C(=O)O)cc1.O=S(=O)(c1ccccc1)n1cc(-c2nc(N[C@@H]3CCNC3)ncc2Cl)c2ccccc21. The lowest BCUT2D eigenvalue weighted by Gasteiger charge is -2.20. The first kappa shape index (κ1) is 68.0. The topological polar surface area (TPSA) is 300 Å². The maximum Gasteiger partial charge on any atom is 0.412 e. The van der Waals surface area contributed by atoms with Gasteiger partial charge < -0.3 is 35.4 Å². The monoisotopic (exact) mass is 1360 g/mol. The number of likely N-dealkylation sites (tertiary alicyclic amines) is 1. The highest BCUT2D eigenvalue weighted by Crippen LogP contribution is 2.38. The molecule has 0 radical (unpaired) electrons. The van der Waals surface area contributed by atoms with Crippen LogP contribution in [0.3, 0.4) is 0 Å². The minimum absolute atomic E-state index is 0.124. The van der Waals surface area contributed by atoms with E-state index in [2.05, 4.69) is 41.5 Å². The van der Waals surface area contributed by atoms with Crippen LogP contribution in [0.2, 0.25) is 10.0 Å². The van der Waals surface area contributed by atoms with Crippen LogP contribution in [0.1, 0.15) is 75.1 Å². The maximum atomic E-state index is 13.6. The number of nitrogens with zero attached hydrogens (tertiary/aromatic N) is 7. The van der Waals surface area contributed by atoms with Crippen LogP contribution >= 0.6 is 23.2 Å². The number of aromatic nitrogens is 6. The predicted octanol–water partition coefficient (Wildman–Crippen LogP) is 13.2. The summed E-state index contributed by atoms with van der Waals surface area (Å²) in [5.74, 6) is -0.364. The van der Waals surface area contributed by atoms with E-state index in [-0.39, 0.29) is 38.4 Å². The van der Waals surface area contributed by atoms with E-state index >= 15 is 0 Å². The standard InChI is InChI=1S/C34H33ClN6O5S.C22H20ClN5O2S.C12H15NO4/c1-34(2,3)46-33(43)38-23-15-13-22(14-16-23)31(42)40-18-17-24(20-40)37-32-36-19-28(35)30(39-32)27-21-41(29-12-8-7-11-26(27)29)47(44,45)25-9-5-4-6-10-25;23-19-13-25-22(26-15-10-11-24-12-15)27-21(19)18-14-28(20-9-5-4-8-17(18)20)31(29,30)16-6-2-1-3-7-16;1-12(2,3)17-11(16)13-9-6-4-8(5-7-9)10(14)15/h4-16,19,21,24H,17-18,20H2,1-3H3,(H,38,43)(H,36,37,39);1-9,13-15,24H,10-12H2,(H,25,26,27);4-7H,1-3H3,(H,13,16)(H,14,15)/t24-;15-;/m11./s1. The normalized spacial score (nSPS) is 14.8. The average molecular weight is 1360 g/mol. The third kappa shape index (κ3) is 16.7. The first-order chi connectivity index (χ1) is 45.2. The van der Waals surface area contributed by atoms with Gasteiger partial charge in [-0.05, 0) is 146 Å². The number of fused-ring (bicyclic) bond motifs is 2. The number of aromatic carboxylic acids is 1. The Labute approximate surface area is 559 Å². The van der Waals surface area contributed by atoms with E-state index in [1.165, 1.54) is 44.6 Å². The van der Waals surface area contributed by atoms with E-state index in [9.17, 15) is 36.0 Å². The molecule has 95 heavy (non-hydrogen) atoms. The largest absolute Gasteiger partial charge is 0.478 e. The zero-order valence-corrected chi connectivity index (χ0v) is 55.6. The van der Waals surface area contributed by atoms with Crippen molar-refractivity contribution in [2.24, 2.45) is 0 Å². The van der Waals surface area contributed by atoms with Crippen LogP contribution in [-0.4, -0.2) is 128 Å². The molecule has 0 unspecified atom stereocenters. The van der Waals surface area contributed by atoms with E-state index < -0.39 is 49.4 Å². The van der Waals surface area contributed by atoms with Gasteiger partial charge in [-0.1, -0.05) is 96.0 Å². The smallest absolute Gasteiger partial charge is 0.412 e. The van der Waals surface area contributed by atoms with Crippen molar-refractivity contribution in [2.75, 3.05) is 47.4 Å². The predicted molar refractivity (Wildman–Crippen MR) is 366 cm³/mol. The van der Waals surface area contributed by atoms with Crippen molar-refractivity contribution in [1.29, 1.82) is 0 Å². The zero-order valence-electron chi connectivity index (χ0n) is 52.5. The Morgan fingerprint density at radius 2 is 0.979 bits per heavy atom.